The van der Waals surface area contributed by atoms with Gasteiger partial charge in [0.15, 0.2) is 25.0 Å². The predicted molar refractivity (Wildman–Crippen MR) is 165 cm³/mol. The molecule has 2 rings (SSSR count). The van der Waals surface area contributed by atoms with E-state index in [2.05, 4.69) is 76.1 Å². The second-order valence-electron chi connectivity index (χ2n) is 13.9. The van der Waals surface area contributed by atoms with Crippen molar-refractivity contribution in [3.63, 3.8) is 0 Å². The Labute approximate surface area is 239 Å². The number of aliphatic hydroxyl groups excluding tert-OH is 1. The van der Waals surface area contributed by atoms with Gasteiger partial charge >= 0.3 is 0 Å². The minimum absolute atomic E-state index is 0.0515. The topological polar surface area (TPSA) is 89.5 Å². The fraction of sp³-hybridized carbons (Fsp3) is 0.962. The van der Waals surface area contributed by atoms with Gasteiger partial charge in [0.2, 0.25) is 5.91 Å². The maximum atomic E-state index is 13.5. The van der Waals surface area contributed by atoms with E-state index in [1.54, 1.807) is 11.8 Å². The van der Waals surface area contributed by atoms with E-state index < -0.39 is 43.2 Å². The Kier molecular flexibility index (Phi) is 12.6. The minimum atomic E-state index is -2.08. The van der Waals surface area contributed by atoms with Crippen LogP contribution in [0.5, 0.6) is 0 Å². The van der Waals surface area contributed by atoms with Gasteiger partial charge in [-0.1, -0.05) is 13.3 Å². The molecule has 2 heterocycles. The van der Waals surface area contributed by atoms with Crippen LogP contribution in [0, 0.1) is 5.92 Å². The summed E-state index contributed by atoms with van der Waals surface area (Å²) in [5.41, 5.74) is -0.302. The smallest absolute Gasteiger partial charge is 0.237 e. The summed E-state index contributed by atoms with van der Waals surface area (Å²) in [6.45, 7) is 22.4. The fourth-order valence-corrected chi connectivity index (χ4v) is 9.57. The van der Waals surface area contributed by atoms with Crippen molar-refractivity contribution in [1.29, 1.82) is 0 Å². The van der Waals surface area contributed by atoms with Gasteiger partial charge in [-0.25, -0.2) is 0 Å². The van der Waals surface area contributed by atoms with Crippen LogP contribution in [0.3, 0.4) is 0 Å². The van der Waals surface area contributed by atoms with Gasteiger partial charge < -0.3 is 28.4 Å². The molecule has 2 fully saturated rings. The molecule has 8 nitrogen and oxygen atoms in total. The molecule has 224 valence electrons. The SMILES string of the molecule is CCC[C@@H]1C[C@@H](C(=O)N[C@H](CO)[C@H]2OC(SC)C(O[Si](C)(C)C)C(O[Si](C)(C)C)C2O[Si](C)(C)C)N(C)C1. The molecule has 2 aliphatic heterocycles. The number of amides is 1. The van der Waals surface area contributed by atoms with E-state index in [9.17, 15) is 9.90 Å². The maximum Gasteiger partial charge on any atom is 0.237 e. The molecular weight excluding hydrogens is 553 g/mol. The predicted octanol–water partition coefficient (Wildman–Crippen LogP) is 4.33. The highest BCUT2D eigenvalue weighted by Gasteiger charge is 2.53. The zero-order chi connectivity index (χ0) is 29.1. The molecule has 0 aromatic rings. The average molecular weight is 609 g/mol. The van der Waals surface area contributed by atoms with Crippen LogP contribution in [-0.2, 0) is 22.8 Å². The van der Waals surface area contributed by atoms with Crippen LogP contribution >= 0.6 is 11.8 Å². The van der Waals surface area contributed by atoms with Gasteiger partial charge in [0.25, 0.3) is 0 Å². The number of hydrogen-bond donors (Lipinski definition) is 2. The lowest BCUT2D eigenvalue weighted by atomic mass is 9.94. The van der Waals surface area contributed by atoms with Crippen LogP contribution in [0.4, 0.5) is 0 Å². The first kappa shape index (κ1) is 34.4. The lowest BCUT2D eigenvalue weighted by Crippen LogP contribution is -2.69. The standard InChI is InChI=1S/C26H56N2O6SSi3/c1-13-14-18-15-20(28(2)16-18)25(30)27-19(17-29)21-22(32-36(4,5)6)23(33-37(7,8)9)24(26(31-21)35-3)34-38(10,11)12/h18-24,26,29H,13-17H2,1-12H3,(H,27,30)/t18-,19-,20+,21-,22?,23?,24?,26?/m1/s1. The number of rotatable bonds is 13. The molecule has 0 radical (unpaired) electrons. The molecular formula is C26H56N2O6SSi3. The van der Waals surface area contributed by atoms with Gasteiger partial charge in [-0.15, -0.1) is 11.8 Å². The van der Waals surface area contributed by atoms with Gasteiger partial charge in [0.1, 0.15) is 29.9 Å². The second kappa shape index (κ2) is 13.9. The van der Waals surface area contributed by atoms with E-state index in [0.29, 0.717) is 5.92 Å². The Bertz CT molecular complexity index is 761. The lowest BCUT2D eigenvalue weighted by molar-refractivity contribution is -0.192. The molecule has 0 bridgehead atoms. The molecule has 2 N–H and O–H groups in total. The largest absolute Gasteiger partial charge is 0.409 e. The van der Waals surface area contributed by atoms with E-state index in [0.717, 1.165) is 25.8 Å². The van der Waals surface area contributed by atoms with Crippen molar-refractivity contribution in [2.24, 2.45) is 5.92 Å². The molecule has 0 saturated carbocycles. The molecule has 0 aromatic heterocycles. The van der Waals surface area contributed by atoms with Crippen LogP contribution in [0.2, 0.25) is 58.9 Å². The average Bonchev–Trinajstić information content (AvgIpc) is 3.12. The van der Waals surface area contributed by atoms with Gasteiger partial charge in [-0.3, -0.25) is 9.69 Å². The fourth-order valence-electron chi connectivity index (χ4n) is 5.51. The number of carbonyl (C=O) groups excluding carboxylic acids is 1. The number of nitrogens with zero attached hydrogens (tertiary/aromatic N) is 1. The minimum Gasteiger partial charge on any atom is -0.409 e. The van der Waals surface area contributed by atoms with Crippen molar-refractivity contribution < 1.29 is 27.9 Å². The molecule has 0 aromatic carbocycles. The third kappa shape index (κ3) is 10.3. The van der Waals surface area contributed by atoms with E-state index >= 15 is 0 Å². The van der Waals surface area contributed by atoms with Crippen molar-refractivity contribution in [3.8, 4) is 0 Å². The third-order valence-electron chi connectivity index (χ3n) is 6.79. The van der Waals surface area contributed by atoms with E-state index in [-0.39, 0.29) is 36.2 Å². The van der Waals surface area contributed by atoms with Gasteiger partial charge in [-0.2, -0.15) is 0 Å². The first-order valence-electron chi connectivity index (χ1n) is 14.2. The highest BCUT2D eigenvalue weighted by Crippen LogP contribution is 2.38. The van der Waals surface area contributed by atoms with E-state index in [4.69, 9.17) is 18.0 Å². The Hall–Kier alpha value is 0.231. The summed E-state index contributed by atoms with van der Waals surface area (Å²) < 4.78 is 27.1. The van der Waals surface area contributed by atoms with Crippen LogP contribution in [-0.4, -0.2) is 109 Å². The Balaban J connectivity index is 2.43. The van der Waals surface area contributed by atoms with Crippen molar-refractivity contribution in [2.45, 2.75) is 127 Å². The Morgan fingerprint density at radius 2 is 1.53 bits per heavy atom. The highest BCUT2D eigenvalue weighted by molar-refractivity contribution is 7.99. The number of aliphatic hydroxyl groups is 1. The van der Waals surface area contributed by atoms with E-state index in [1.807, 2.05) is 13.3 Å². The van der Waals surface area contributed by atoms with Crippen LogP contribution in [0.15, 0.2) is 0 Å². The van der Waals surface area contributed by atoms with Crippen molar-refractivity contribution in [2.75, 3.05) is 26.5 Å². The Morgan fingerprint density at radius 1 is 1.00 bits per heavy atom. The first-order valence-corrected chi connectivity index (χ1v) is 25.7. The van der Waals surface area contributed by atoms with Gasteiger partial charge in [0.05, 0.1) is 18.7 Å². The van der Waals surface area contributed by atoms with Gasteiger partial charge in [0, 0.05) is 6.54 Å². The Morgan fingerprint density at radius 3 is 2.00 bits per heavy atom. The van der Waals surface area contributed by atoms with Crippen molar-refractivity contribution in [1.82, 2.24) is 10.2 Å². The number of hydrogen-bond acceptors (Lipinski definition) is 8. The summed E-state index contributed by atoms with van der Waals surface area (Å²) in [5, 5.41) is 13.8. The summed E-state index contributed by atoms with van der Waals surface area (Å²) in [5.74, 6) is 0.474. The number of nitrogens with one attached hydrogen (secondary N) is 1. The monoisotopic (exact) mass is 608 g/mol. The van der Waals surface area contributed by atoms with Crippen LogP contribution in [0.1, 0.15) is 26.2 Å². The molecule has 1 amide bonds. The van der Waals surface area contributed by atoms with E-state index in [1.165, 1.54) is 0 Å². The highest BCUT2D eigenvalue weighted by atomic mass is 32.2. The molecule has 2 saturated heterocycles. The van der Waals surface area contributed by atoms with Crippen LogP contribution < -0.4 is 5.32 Å². The quantitative estimate of drug-likeness (QED) is 0.299. The van der Waals surface area contributed by atoms with Gasteiger partial charge in [-0.05, 0) is 91.0 Å². The lowest BCUT2D eigenvalue weighted by Gasteiger charge is -2.52. The normalized spacial score (nSPS) is 32.4. The van der Waals surface area contributed by atoms with Crippen molar-refractivity contribution >= 4 is 42.6 Å². The van der Waals surface area contributed by atoms with Crippen molar-refractivity contribution in [3.05, 3.63) is 0 Å². The number of thioether (sulfide) groups is 1. The number of ether oxygens (including phenoxy) is 1. The molecule has 0 aliphatic carbocycles. The molecule has 8 atom stereocenters. The number of likely N-dealkylation sites (tertiary alicyclic amines) is 1. The molecule has 4 unspecified atom stereocenters. The summed E-state index contributed by atoms with van der Waals surface area (Å²) in [4.78, 5) is 15.7. The molecule has 38 heavy (non-hydrogen) atoms. The zero-order valence-electron chi connectivity index (χ0n) is 26.0. The van der Waals surface area contributed by atoms with Crippen LogP contribution in [0.25, 0.3) is 0 Å². The zero-order valence-corrected chi connectivity index (χ0v) is 29.8. The second-order valence-corrected chi connectivity index (χ2v) is 28.3. The first-order chi connectivity index (χ1) is 17.4. The summed E-state index contributed by atoms with van der Waals surface area (Å²) >= 11 is 1.59. The molecule has 2 aliphatic rings. The summed E-state index contributed by atoms with van der Waals surface area (Å²) in [6, 6.07) is -0.813. The summed E-state index contributed by atoms with van der Waals surface area (Å²) in [6.07, 6.45) is 3.42. The summed E-state index contributed by atoms with van der Waals surface area (Å²) in [7, 11) is -4.04. The number of likely N-dealkylation sites (N-methyl/N-ethyl adjacent to an activating group) is 1. The molecule has 12 heteroatoms. The third-order valence-corrected chi connectivity index (χ3v) is 10.6. The maximum absolute atomic E-state index is 13.5. The number of carbonyl (C=O) groups is 1. The molecule has 0 spiro atoms.